The van der Waals surface area contributed by atoms with Crippen molar-refractivity contribution in [3.05, 3.63) is 48.0 Å². The fourth-order valence-electron chi connectivity index (χ4n) is 3.43. The molecule has 122 valence electrons. The number of benzene rings is 1. The van der Waals surface area contributed by atoms with Crippen molar-refractivity contribution in [2.75, 3.05) is 26.2 Å². The van der Waals surface area contributed by atoms with Crippen LogP contribution in [0.4, 0.5) is 0 Å². The molecule has 1 atom stereocenters. The van der Waals surface area contributed by atoms with Crippen LogP contribution >= 0.6 is 0 Å². The van der Waals surface area contributed by atoms with Crippen molar-refractivity contribution >= 4 is 11.9 Å². The van der Waals surface area contributed by atoms with Gasteiger partial charge >= 0.3 is 5.97 Å². The Bertz CT molecular complexity index is 592. The monoisotopic (exact) mass is 314 g/mol. The summed E-state index contributed by atoms with van der Waals surface area (Å²) in [6.07, 6.45) is 5.41. The Kier molecular flexibility index (Phi) is 4.76. The summed E-state index contributed by atoms with van der Waals surface area (Å²) in [4.78, 5) is 27.1. The van der Waals surface area contributed by atoms with Crippen LogP contribution in [0.5, 0.6) is 0 Å². The highest BCUT2D eigenvalue weighted by molar-refractivity contribution is 5.87. The number of carbonyl (C=O) groups excluding carboxylic acids is 1. The average molecular weight is 314 g/mol. The van der Waals surface area contributed by atoms with Gasteiger partial charge < -0.3 is 10.0 Å². The summed E-state index contributed by atoms with van der Waals surface area (Å²) in [6.45, 7) is 2.47. The maximum Gasteiger partial charge on any atom is 0.330 e. The second-order valence-corrected chi connectivity index (χ2v) is 6.22. The molecule has 2 aliphatic rings. The Morgan fingerprint density at radius 1 is 1.13 bits per heavy atom. The van der Waals surface area contributed by atoms with Gasteiger partial charge in [0.25, 0.3) is 0 Å². The van der Waals surface area contributed by atoms with Crippen LogP contribution in [0.2, 0.25) is 0 Å². The summed E-state index contributed by atoms with van der Waals surface area (Å²) in [5, 5.41) is 9.14. The fourth-order valence-corrected chi connectivity index (χ4v) is 3.43. The minimum Gasteiger partial charge on any atom is -0.479 e. The molecule has 1 N–H and O–H groups in total. The highest BCUT2D eigenvalue weighted by Crippen LogP contribution is 2.27. The van der Waals surface area contributed by atoms with Gasteiger partial charge in [0.2, 0.25) is 5.91 Å². The second-order valence-electron chi connectivity index (χ2n) is 6.22. The number of amides is 1. The molecule has 0 saturated carbocycles. The summed E-state index contributed by atoms with van der Waals surface area (Å²) < 4.78 is 0. The van der Waals surface area contributed by atoms with Crippen molar-refractivity contribution in [3.8, 4) is 0 Å². The van der Waals surface area contributed by atoms with Crippen molar-refractivity contribution in [1.29, 1.82) is 0 Å². The lowest BCUT2D eigenvalue weighted by Gasteiger charge is -2.33. The van der Waals surface area contributed by atoms with Crippen LogP contribution in [0, 0.1) is 0 Å². The molecule has 2 heterocycles. The summed E-state index contributed by atoms with van der Waals surface area (Å²) in [6, 6.07) is 9.69. The van der Waals surface area contributed by atoms with Gasteiger partial charge in [-0.05, 0) is 37.4 Å². The van der Waals surface area contributed by atoms with E-state index in [9.17, 15) is 9.59 Å². The first-order valence-electron chi connectivity index (χ1n) is 8.11. The molecule has 0 aromatic heterocycles. The number of piperidine rings is 1. The number of carboxylic acid groups (broad SMARTS) is 1. The number of hydrogen-bond acceptors (Lipinski definition) is 3. The summed E-state index contributed by atoms with van der Waals surface area (Å²) in [7, 11) is 0. The normalized spacial score (nSPS) is 22.4. The van der Waals surface area contributed by atoms with Gasteiger partial charge in [-0.2, -0.15) is 0 Å². The van der Waals surface area contributed by atoms with Gasteiger partial charge in [0.15, 0.2) is 0 Å². The van der Waals surface area contributed by atoms with Gasteiger partial charge in [-0.1, -0.05) is 42.5 Å². The molecule has 0 aliphatic carbocycles. The Morgan fingerprint density at radius 2 is 1.83 bits per heavy atom. The van der Waals surface area contributed by atoms with Gasteiger partial charge in [0, 0.05) is 6.54 Å². The molecule has 2 aliphatic heterocycles. The molecule has 23 heavy (non-hydrogen) atoms. The number of rotatable bonds is 4. The molecule has 0 bridgehead atoms. The molecule has 5 nitrogen and oxygen atoms in total. The van der Waals surface area contributed by atoms with E-state index in [1.54, 1.807) is 12.2 Å². The van der Waals surface area contributed by atoms with Crippen LogP contribution in [0.25, 0.3) is 0 Å². The topological polar surface area (TPSA) is 60.9 Å². The van der Waals surface area contributed by atoms with Gasteiger partial charge in [0.1, 0.15) is 6.04 Å². The molecule has 0 radical (unpaired) electrons. The van der Waals surface area contributed by atoms with E-state index in [2.05, 4.69) is 29.2 Å². The molecule has 1 aromatic carbocycles. The third-order valence-electron chi connectivity index (χ3n) is 4.75. The molecule has 0 spiro atoms. The third-order valence-corrected chi connectivity index (χ3v) is 4.75. The summed E-state index contributed by atoms with van der Waals surface area (Å²) >= 11 is 0. The number of nitrogens with zero attached hydrogens (tertiary/aromatic N) is 2. The SMILES string of the molecule is O=C(O)C1C=CCN1C(=O)CN1CCC(c2ccccc2)CC1. The molecule has 1 aromatic rings. The fraction of sp³-hybridized carbons (Fsp3) is 0.444. The van der Waals surface area contributed by atoms with Gasteiger partial charge in [-0.25, -0.2) is 4.79 Å². The van der Waals surface area contributed by atoms with Crippen LogP contribution in [-0.2, 0) is 9.59 Å². The lowest BCUT2D eigenvalue weighted by Crippen LogP contribution is -2.47. The van der Waals surface area contributed by atoms with E-state index in [1.807, 2.05) is 6.07 Å². The van der Waals surface area contributed by atoms with E-state index in [-0.39, 0.29) is 5.91 Å². The highest BCUT2D eigenvalue weighted by atomic mass is 16.4. The van der Waals surface area contributed by atoms with Crippen molar-refractivity contribution in [2.45, 2.75) is 24.8 Å². The molecule has 1 fully saturated rings. The molecule has 1 amide bonds. The van der Waals surface area contributed by atoms with Crippen molar-refractivity contribution in [1.82, 2.24) is 9.80 Å². The lowest BCUT2D eigenvalue weighted by molar-refractivity contribution is -0.147. The Hall–Kier alpha value is -2.14. The third kappa shape index (κ3) is 3.62. The van der Waals surface area contributed by atoms with Gasteiger partial charge in [-0.3, -0.25) is 9.69 Å². The highest BCUT2D eigenvalue weighted by Gasteiger charge is 2.31. The smallest absolute Gasteiger partial charge is 0.330 e. The zero-order valence-corrected chi connectivity index (χ0v) is 13.1. The molecular formula is C18H22N2O3. The largest absolute Gasteiger partial charge is 0.479 e. The first-order valence-corrected chi connectivity index (χ1v) is 8.11. The van der Waals surface area contributed by atoms with Crippen LogP contribution in [0.15, 0.2) is 42.5 Å². The molecule has 5 heteroatoms. The van der Waals surface area contributed by atoms with Crippen molar-refractivity contribution < 1.29 is 14.7 Å². The first kappa shape index (κ1) is 15.7. The van der Waals surface area contributed by atoms with E-state index >= 15 is 0 Å². The maximum atomic E-state index is 12.4. The molecule has 1 unspecified atom stereocenters. The first-order chi connectivity index (χ1) is 11.1. The second kappa shape index (κ2) is 6.96. The summed E-state index contributed by atoms with van der Waals surface area (Å²) in [5.41, 5.74) is 1.37. The Labute approximate surface area is 136 Å². The minimum atomic E-state index is -0.963. The van der Waals surface area contributed by atoms with Gasteiger partial charge in [-0.15, -0.1) is 0 Å². The predicted molar refractivity (Wildman–Crippen MR) is 87.1 cm³/mol. The summed E-state index contributed by atoms with van der Waals surface area (Å²) in [5.74, 6) is -0.502. The van der Waals surface area contributed by atoms with E-state index in [1.165, 1.54) is 10.5 Å². The molecular weight excluding hydrogens is 292 g/mol. The van der Waals surface area contributed by atoms with Crippen molar-refractivity contribution in [3.63, 3.8) is 0 Å². The number of likely N-dealkylation sites (tertiary alicyclic amines) is 1. The van der Waals surface area contributed by atoms with E-state index < -0.39 is 12.0 Å². The van der Waals surface area contributed by atoms with Crippen molar-refractivity contribution in [2.24, 2.45) is 0 Å². The Morgan fingerprint density at radius 3 is 2.48 bits per heavy atom. The number of carboxylic acids is 1. The zero-order valence-electron chi connectivity index (χ0n) is 13.1. The van der Waals surface area contributed by atoms with Crippen LogP contribution in [0.3, 0.4) is 0 Å². The van der Waals surface area contributed by atoms with E-state index in [0.29, 0.717) is 19.0 Å². The molecule has 1 saturated heterocycles. The van der Waals surface area contributed by atoms with Crippen LogP contribution < -0.4 is 0 Å². The van der Waals surface area contributed by atoms with Crippen LogP contribution in [-0.4, -0.2) is 59.0 Å². The van der Waals surface area contributed by atoms with Gasteiger partial charge in [0.05, 0.1) is 6.54 Å². The minimum absolute atomic E-state index is 0.0967. The predicted octanol–water partition coefficient (Wildman–Crippen LogP) is 1.72. The lowest BCUT2D eigenvalue weighted by atomic mass is 9.89. The van der Waals surface area contributed by atoms with Crippen LogP contribution in [0.1, 0.15) is 24.3 Å². The number of carbonyl (C=O) groups is 2. The number of aliphatic carboxylic acids is 1. The van der Waals surface area contributed by atoms with E-state index in [4.69, 9.17) is 5.11 Å². The average Bonchev–Trinajstić information content (AvgIpc) is 3.06. The van der Waals surface area contributed by atoms with E-state index in [0.717, 1.165) is 25.9 Å². The quantitative estimate of drug-likeness (QED) is 0.860. The Balaban J connectivity index is 1.51. The zero-order chi connectivity index (χ0) is 16.2. The molecule has 3 rings (SSSR count). The standard InChI is InChI=1S/C18H22N2O3/c21-17(20-10-4-7-16(20)18(22)23)13-19-11-8-15(9-12-19)14-5-2-1-3-6-14/h1-7,15-16H,8-13H2,(H,22,23). The maximum absolute atomic E-state index is 12.4. The number of hydrogen-bond donors (Lipinski definition) is 1.